The van der Waals surface area contributed by atoms with Gasteiger partial charge in [0, 0.05) is 18.9 Å². The molecule has 0 bridgehead atoms. The minimum absolute atomic E-state index is 0.142. The van der Waals surface area contributed by atoms with Gasteiger partial charge < -0.3 is 11.1 Å². The van der Waals surface area contributed by atoms with Gasteiger partial charge in [0.25, 0.3) is 0 Å². The average Bonchev–Trinajstić information content (AvgIpc) is 2.15. The first-order valence-electron chi connectivity index (χ1n) is 4.12. The summed E-state index contributed by atoms with van der Waals surface area (Å²) in [5, 5.41) is 2.71. The lowest BCUT2D eigenvalue weighted by Crippen LogP contribution is -2.37. The van der Waals surface area contributed by atoms with Gasteiger partial charge in [0.05, 0.1) is 6.04 Å². The Kier molecular flexibility index (Phi) is 3.40. The Bertz CT molecular complexity index is 271. The molecule has 3 N–H and O–H groups in total. The summed E-state index contributed by atoms with van der Waals surface area (Å²) in [7, 11) is 0. The van der Waals surface area contributed by atoms with Crippen molar-refractivity contribution in [3.05, 3.63) is 30.1 Å². The summed E-state index contributed by atoms with van der Waals surface area (Å²) >= 11 is 0. The zero-order valence-corrected chi connectivity index (χ0v) is 7.53. The third kappa shape index (κ3) is 3.21. The lowest BCUT2D eigenvalue weighted by Gasteiger charge is -2.06. The molecule has 0 saturated carbocycles. The molecule has 4 nitrogen and oxygen atoms in total. The largest absolute Gasteiger partial charge is 0.351 e. The van der Waals surface area contributed by atoms with E-state index in [1.54, 1.807) is 19.3 Å². The number of nitrogens with two attached hydrogens (primary N) is 1. The van der Waals surface area contributed by atoms with E-state index in [-0.39, 0.29) is 5.91 Å². The average molecular weight is 179 g/mol. The van der Waals surface area contributed by atoms with Gasteiger partial charge in [0.1, 0.15) is 0 Å². The molecule has 1 amide bonds. The molecule has 0 spiro atoms. The summed E-state index contributed by atoms with van der Waals surface area (Å²) < 4.78 is 0. The quantitative estimate of drug-likeness (QED) is 0.688. The second-order valence-electron chi connectivity index (χ2n) is 2.86. The molecule has 4 heteroatoms. The van der Waals surface area contributed by atoms with Crippen molar-refractivity contribution in [2.24, 2.45) is 5.73 Å². The van der Waals surface area contributed by atoms with Crippen LogP contribution in [0.1, 0.15) is 12.5 Å². The number of carbonyl (C=O) groups is 1. The molecule has 70 valence electrons. The Morgan fingerprint density at radius 2 is 2.23 bits per heavy atom. The zero-order valence-electron chi connectivity index (χ0n) is 7.53. The van der Waals surface area contributed by atoms with Crippen molar-refractivity contribution in [3.63, 3.8) is 0 Å². The van der Waals surface area contributed by atoms with Gasteiger partial charge in [0.2, 0.25) is 5.91 Å². The van der Waals surface area contributed by atoms with Crippen molar-refractivity contribution in [2.45, 2.75) is 19.5 Å². The smallest absolute Gasteiger partial charge is 0.236 e. The van der Waals surface area contributed by atoms with Crippen molar-refractivity contribution >= 4 is 5.91 Å². The highest BCUT2D eigenvalue weighted by atomic mass is 16.2. The van der Waals surface area contributed by atoms with E-state index in [1.807, 2.05) is 12.1 Å². The van der Waals surface area contributed by atoms with Gasteiger partial charge in [-0.05, 0) is 24.6 Å². The van der Waals surface area contributed by atoms with Crippen LogP contribution in [0.5, 0.6) is 0 Å². The van der Waals surface area contributed by atoms with E-state index in [1.165, 1.54) is 0 Å². The third-order valence-corrected chi connectivity index (χ3v) is 1.63. The maximum absolute atomic E-state index is 11.1. The van der Waals surface area contributed by atoms with Gasteiger partial charge in [-0.25, -0.2) is 0 Å². The summed E-state index contributed by atoms with van der Waals surface area (Å²) in [6.45, 7) is 2.16. The summed E-state index contributed by atoms with van der Waals surface area (Å²) in [6.07, 6.45) is 3.38. The van der Waals surface area contributed by atoms with Gasteiger partial charge in [-0.2, -0.15) is 0 Å². The SMILES string of the molecule is CC(N)C(=O)NCc1ccncc1. The first-order chi connectivity index (χ1) is 6.20. The molecular formula is C9H13N3O. The monoisotopic (exact) mass is 179 g/mol. The topological polar surface area (TPSA) is 68.0 Å². The maximum Gasteiger partial charge on any atom is 0.236 e. The first kappa shape index (κ1) is 9.67. The highest BCUT2D eigenvalue weighted by molar-refractivity contribution is 5.80. The molecule has 0 aliphatic heterocycles. The molecule has 1 aromatic rings. The highest BCUT2D eigenvalue weighted by Gasteiger charge is 2.05. The van der Waals surface area contributed by atoms with Gasteiger partial charge in [-0.1, -0.05) is 0 Å². The predicted molar refractivity (Wildman–Crippen MR) is 49.7 cm³/mol. The molecule has 1 rings (SSSR count). The highest BCUT2D eigenvalue weighted by Crippen LogP contribution is 1.94. The minimum Gasteiger partial charge on any atom is -0.351 e. The Balaban J connectivity index is 2.40. The van der Waals surface area contributed by atoms with E-state index in [9.17, 15) is 4.79 Å². The summed E-state index contributed by atoms with van der Waals surface area (Å²) in [6, 6.07) is 3.24. The van der Waals surface area contributed by atoms with Crippen LogP contribution in [0.4, 0.5) is 0 Å². The Hall–Kier alpha value is -1.42. The molecule has 0 radical (unpaired) electrons. The molecule has 1 aromatic heterocycles. The number of nitrogens with one attached hydrogen (secondary N) is 1. The molecular weight excluding hydrogens is 166 g/mol. The molecule has 0 aliphatic rings. The molecule has 0 aliphatic carbocycles. The van der Waals surface area contributed by atoms with Crippen LogP contribution in [0.3, 0.4) is 0 Å². The lowest BCUT2D eigenvalue weighted by atomic mass is 10.2. The number of nitrogens with zero attached hydrogens (tertiary/aromatic N) is 1. The zero-order chi connectivity index (χ0) is 9.68. The van der Waals surface area contributed by atoms with Crippen molar-refractivity contribution in [1.82, 2.24) is 10.3 Å². The molecule has 1 atom stereocenters. The van der Waals surface area contributed by atoms with E-state index in [4.69, 9.17) is 5.73 Å². The number of hydrogen-bond donors (Lipinski definition) is 2. The summed E-state index contributed by atoms with van der Waals surface area (Å²) in [5.74, 6) is -0.142. The minimum atomic E-state index is -0.457. The number of rotatable bonds is 3. The maximum atomic E-state index is 11.1. The Morgan fingerprint density at radius 3 is 2.77 bits per heavy atom. The van der Waals surface area contributed by atoms with Crippen molar-refractivity contribution in [3.8, 4) is 0 Å². The Labute approximate surface area is 77.2 Å². The van der Waals surface area contributed by atoms with Crippen LogP contribution >= 0.6 is 0 Å². The molecule has 0 fully saturated rings. The van der Waals surface area contributed by atoms with Gasteiger partial charge in [0.15, 0.2) is 0 Å². The van der Waals surface area contributed by atoms with Crippen LogP contribution in [0.15, 0.2) is 24.5 Å². The lowest BCUT2D eigenvalue weighted by molar-refractivity contribution is -0.122. The van der Waals surface area contributed by atoms with E-state index in [0.717, 1.165) is 5.56 Å². The fourth-order valence-corrected chi connectivity index (χ4v) is 0.851. The van der Waals surface area contributed by atoms with Gasteiger partial charge in [-0.3, -0.25) is 9.78 Å². The van der Waals surface area contributed by atoms with E-state index in [0.29, 0.717) is 6.54 Å². The number of carbonyl (C=O) groups excluding carboxylic acids is 1. The first-order valence-corrected chi connectivity index (χ1v) is 4.12. The van der Waals surface area contributed by atoms with E-state index < -0.39 is 6.04 Å². The second kappa shape index (κ2) is 4.57. The van der Waals surface area contributed by atoms with Crippen LogP contribution in [-0.2, 0) is 11.3 Å². The van der Waals surface area contributed by atoms with E-state index >= 15 is 0 Å². The standard InChI is InChI=1S/C9H13N3O/c1-7(10)9(13)12-6-8-2-4-11-5-3-8/h2-5,7H,6,10H2,1H3,(H,12,13). The fraction of sp³-hybridized carbons (Fsp3) is 0.333. The number of aromatic nitrogens is 1. The molecule has 13 heavy (non-hydrogen) atoms. The van der Waals surface area contributed by atoms with Crippen molar-refractivity contribution in [2.75, 3.05) is 0 Å². The van der Waals surface area contributed by atoms with Crippen molar-refractivity contribution in [1.29, 1.82) is 0 Å². The Morgan fingerprint density at radius 1 is 1.62 bits per heavy atom. The summed E-state index contributed by atoms with van der Waals surface area (Å²) in [5.41, 5.74) is 6.39. The fourth-order valence-electron chi connectivity index (χ4n) is 0.851. The molecule has 1 heterocycles. The number of hydrogen-bond acceptors (Lipinski definition) is 3. The molecule has 0 saturated heterocycles. The molecule has 1 unspecified atom stereocenters. The molecule has 0 aromatic carbocycles. The van der Waals surface area contributed by atoms with Crippen LogP contribution in [0.2, 0.25) is 0 Å². The van der Waals surface area contributed by atoms with E-state index in [2.05, 4.69) is 10.3 Å². The number of pyridine rings is 1. The van der Waals surface area contributed by atoms with Crippen LogP contribution in [-0.4, -0.2) is 16.9 Å². The number of amides is 1. The normalized spacial score (nSPS) is 12.2. The van der Waals surface area contributed by atoms with Crippen LogP contribution in [0.25, 0.3) is 0 Å². The summed E-state index contributed by atoms with van der Waals surface area (Å²) in [4.78, 5) is 14.9. The predicted octanol–water partition coefficient (Wildman–Crippen LogP) is 0.0450. The third-order valence-electron chi connectivity index (χ3n) is 1.63. The van der Waals surface area contributed by atoms with Gasteiger partial charge >= 0.3 is 0 Å². The van der Waals surface area contributed by atoms with Gasteiger partial charge in [-0.15, -0.1) is 0 Å². The van der Waals surface area contributed by atoms with Crippen molar-refractivity contribution < 1.29 is 4.79 Å². The second-order valence-corrected chi connectivity index (χ2v) is 2.86. The van der Waals surface area contributed by atoms with Crippen LogP contribution in [0, 0.1) is 0 Å². The van der Waals surface area contributed by atoms with Crippen LogP contribution < -0.4 is 11.1 Å².